The Kier molecular flexibility index (Phi) is 6.44. The molecule has 4 heteroatoms. The summed E-state index contributed by atoms with van der Waals surface area (Å²) in [6, 6.07) is 17.2. The molecule has 0 saturated carbocycles. The molecule has 0 spiro atoms. The van der Waals surface area contributed by atoms with Crippen LogP contribution in [0, 0.1) is 0 Å². The highest BCUT2D eigenvalue weighted by atomic mass is 35.5. The zero-order chi connectivity index (χ0) is 15.8. The second kappa shape index (κ2) is 8.57. The third kappa shape index (κ3) is 4.86. The largest absolute Gasteiger partial charge is 0.464 e. The fourth-order valence-electron chi connectivity index (χ4n) is 2.06. The molecule has 2 rings (SSSR count). The summed E-state index contributed by atoms with van der Waals surface area (Å²) < 4.78 is 10.8. The van der Waals surface area contributed by atoms with Crippen molar-refractivity contribution in [2.45, 2.75) is 19.4 Å². The Bertz CT molecular complexity index is 581. The number of esters is 1. The van der Waals surface area contributed by atoms with E-state index < -0.39 is 0 Å². The lowest BCUT2D eigenvalue weighted by atomic mass is 10.0. The van der Waals surface area contributed by atoms with Crippen LogP contribution >= 0.6 is 11.6 Å². The molecule has 2 aromatic rings. The number of benzene rings is 2. The third-order valence-electron chi connectivity index (χ3n) is 3.11. The van der Waals surface area contributed by atoms with E-state index >= 15 is 0 Å². The average Bonchev–Trinajstić information content (AvgIpc) is 2.55. The Morgan fingerprint density at radius 2 is 1.68 bits per heavy atom. The van der Waals surface area contributed by atoms with Gasteiger partial charge in [-0.3, -0.25) is 0 Å². The molecule has 2 aromatic carbocycles. The maximum absolute atomic E-state index is 11.7. The van der Waals surface area contributed by atoms with Crippen molar-refractivity contribution in [2.75, 3.05) is 13.2 Å². The first-order chi connectivity index (χ1) is 10.7. The first kappa shape index (κ1) is 16.5. The number of carbonyl (C=O) groups excluding carboxylic acids is 1. The van der Waals surface area contributed by atoms with E-state index in [2.05, 4.69) is 0 Å². The summed E-state index contributed by atoms with van der Waals surface area (Å²) in [6.07, 6.45) is 0.470. The highest BCUT2D eigenvalue weighted by Crippen LogP contribution is 2.27. The third-order valence-corrected chi connectivity index (χ3v) is 3.36. The van der Waals surface area contributed by atoms with Crippen LogP contribution in [0.25, 0.3) is 0 Å². The zero-order valence-electron chi connectivity index (χ0n) is 12.5. The fourth-order valence-corrected chi connectivity index (χ4v) is 2.19. The molecule has 22 heavy (non-hydrogen) atoms. The van der Waals surface area contributed by atoms with Crippen LogP contribution in [0.4, 0.5) is 0 Å². The topological polar surface area (TPSA) is 35.5 Å². The smallest absolute Gasteiger partial charge is 0.332 e. The molecule has 0 aliphatic heterocycles. The number of carbonyl (C=O) groups is 1. The summed E-state index contributed by atoms with van der Waals surface area (Å²) in [5.41, 5.74) is 1.92. The molecular weight excluding hydrogens is 300 g/mol. The minimum atomic E-state index is -0.350. The Morgan fingerprint density at radius 1 is 1.05 bits per heavy atom. The summed E-state index contributed by atoms with van der Waals surface area (Å²) >= 11 is 5.93. The van der Waals surface area contributed by atoms with Gasteiger partial charge in [-0.2, -0.15) is 0 Å². The van der Waals surface area contributed by atoms with Gasteiger partial charge in [0.25, 0.3) is 0 Å². The standard InChI is InChI=1S/C18H19ClO3/c1-2-12-21-17(20)13-22-18(14-6-4-3-5-7-14)15-8-10-16(19)11-9-15/h3-11,18H,2,12-13H2,1H3. The van der Waals surface area contributed by atoms with E-state index in [1.54, 1.807) is 0 Å². The van der Waals surface area contributed by atoms with Gasteiger partial charge in [0, 0.05) is 5.02 Å². The molecule has 0 heterocycles. The lowest BCUT2D eigenvalue weighted by molar-refractivity contribution is -0.150. The maximum atomic E-state index is 11.7. The van der Waals surface area contributed by atoms with Crippen molar-refractivity contribution in [3.8, 4) is 0 Å². The molecule has 0 fully saturated rings. The van der Waals surface area contributed by atoms with Gasteiger partial charge < -0.3 is 9.47 Å². The van der Waals surface area contributed by atoms with Gasteiger partial charge in [-0.1, -0.05) is 61.0 Å². The Labute approximate surface area is 135 Å². The van der Waals surface area contributed by atoms with Crippen molar-refractivity contribution in [2.24, 2.45) is 0 Å². The van der Waals surface area contributed by atoms with Crippen LogP contribution in [0.2, 0.25) is 5.02 Å². The second-order valence-corrected chi connectivity index (χ2v) is 5.31. The van der Waals surface area contributed by atoms with E-state index in [0.29, 0.717) is 11.6 Å². The molecule has 1 atom stereocenters. The summed E-state index contributed by atoms with van der Waals surface area (Å²) in [5, 5.41) is 0.665. The lowest BCUT2D eigenvalue weighted by Gasteiger charge is -2.18. The summed E-state index contributed by atoms with van der Waals surface area (Å²) in [4.78, 5) is 11.7. The minimum absolute atomic E-state index is 0.0812. The number of hydrogen-bond acceptors (Lipinski definition) is 3. The SMILES string of the molecule is CCCOC(=O)COC(c1ccccc1)c1ccc(Cl)cc1. The average molecular weight is 319 g/mol. The number of ether oxygens (including phenoxy) is 2. The Balaban J connectivity index is 2.12. The van der Waals surface area contributed by atoms with Gasteiger partial charge in [0.05, 0.1) is 6.61 Å². The minimum Gasteiger partial charge on any atom is -0.464 e. The number of hydrogen-bond donors (Lipinski definition) is 0. The van der Waals surface area contributed by atoms with E-state index in [0.717, 1.165) is 17.5 Å². The summed E-state index contributed by atoms with van der Waals surface area (Å²) in [6.45, 7) is 2.29. The second-order valence-electron chi connectivity index (χ2n) is 4.87. The van der Waals surface area contributed by atoms with Gasteiger partial charge in [0.2, 0.25) is 0 Å². The van der Waals surface area contributed by atoms with Crippen molar-refractivity contribution in [3.05, 3.63) is 70.7 Å². The highest BCUT2D eigenvalue weighted by Gasteiger charge is 2.16. The predicted octanol–water partition coefficient (Wildman–Crippen LogP) is 4.40. The molecule has 116 valence electrons. The van der Waals surface area contributed by atoms with Crippen LogP contribution in [-0.4, -0.2) is 19.2 Å². The Morgan fingerprint density at radius 3 is 2.32 bits per heavy atom. The molecule has 0 radical (unpaired) electrons. The fraction of sp³-hybridized carbons (Fsp3) is 0.278. The number of halogens is 1. The van der Waals surface area contributed by atoms with Gasteiger partial charge in [-0.05, 0) is 29.7 Å². The molecular formula is C18H19ClO3. The van der Waals surface area contributed by atoms with Crippen LogP contribution in [0.3, 0.4) is 0 Å². The molecule has 0 saturated heterocycles. The van der Waals surface area contributed by atoms with Crippen LogP contribution in [-0.2, 0) is 14.3 Å². The van der Waals surface area contributed by atoms with Crippen molar-refractivity contribution >= 4 is 17.6 Å². The van der Waals surface area contributed by atoms with Gasteiger partial charge >= 0.3 is 5.97 Å². The first-order valence-corrected chi connectivity index (χ1v) is 7.66. The zero-order valence-corrected chi connectivity index (χ0v) is 13.3. The summed E-state index contributed by atoms with van der Waals surface area (Å²) in [5.74, 6) is -0.350. The molecule has 0 aromatic heterocycles. The van der Waals surface area contributed by atoms with Crippen molar-refractivity contribution in [3.63, 3.8) is 0 Å². The van der Waals surface area contributed by atoms with Gasteiger partial charge in [-0.15, -0.1) is 0 Å². The van der Waals surface area contributed by atoms with E-state index in [9.17, 15) is 4.79 Å². The molecule has 0 amide bonds. The molecule has 3 nitrogen and oxygen atoms in total. The van der Waals surface area contributed by atoms with Crippen LogP contribution in [0.15, 0.2) is 54.6 Å². The van der Waals surface area contributed by atoms with Crippen LogP contribution < -0.4 is 0 Å². The van der Waals surface area contributed by atoms with Gasteiger partial charge in [0.1, 0.15) is 12.7 Å². The van der Waals surface area contributed by atoms with Crippen LogP contribution in [0.1, 0.15) is 30.6 Å². The normalized spacial score (nSPS) is 11.9. The van der Waals surface area contributed by atoms with E-state index in [1.165, 1.54) is 0 Å². The number of rotatable bonds is 7. The van der Waals surface area contributed by atoms with E-state index in [-0.39, 0.29) is 18.7 Å². The molecule has 0 bridgehead atoms. The highest BCUT2D eigenvalue weighted by molar-refractivity contribution is 6.30. The van der Waals surface area contributed by atoms with E-state index in [4.69, 9.17) is 21.1 Å². The van der Waals surface area contributed by atoms with Gasteiger partial charge in [0.15, 0.2) is 0 Å². The van der Waals surface area contributed by atoms with Crippen LogP contribution in [0.5, 0.6) is 0 Å². The monoisotopic (exact) mass is 318 g/mol. The van der Waals surface area contributed by atoms with Crippen molar-refractivity contribution in [1.82, 2.24) is 0 Å². The first-order valence-electron chi connectivity index (χ1n) is 7.28. The summed E-state index contributed by atoms with van der Waals surface area (Å²) in [7, 11) is 0. The maximum Gasteiger partial charge on any atom is 0.332 e. The van der Waals surface area contributed by atoms with Crippen molar-refractivity contribution in [1.29, 1.82) is 0 Å². The molecule has 0 N–H and O–H groups in total. The Hall–Kier alpha value is -1.84. The van der Waals surface area contributed by atoms with Crippen molar-refractivity contribution < 1.29 is 14.3 Å². The molecule has 1 unspecified atom stereocenters. The van der Waals surface area contributed by atoms with E-state index in [1.807, 2.05) is 61.5 Å². The molecule has 0 aliphatic rings. The predicted molar refractivity (Wildman–Crippen MR) is 86.9 cm³/mol. The van der Waals surface area contributed by atoms with Gasteiger partial charge in [-0.25, -0.2) is 4.79 Å². The quantitative estimate of drug-likeness (QED) is 0.710. The molecule has 0 aliphatic carbocycles. The lowest BCUT2D eigenvalue weighted by Crippen LogP contribution is -2.16.